The third-order valence-corrected chi connectivity index (χ3v) is 2.91. The summed E-state index contributed by atoms with van der Waals surface area (Å²) in [5.41, 5.74) is -4.59. The van der Waals surface area contributed by atoms with Gasteiger partial charge in [-0.1, -0.05) is 30.3 Å². The Kier molecular flexibility index (Phi) is 5.93. The zero-order chi connectivity index (χ0) is 15.3. The van der Waals surface area contributed by atoms with Crippen LogP contribution in [0.4, 0.5) is 13.2 Å². The van der Waals surface area contributed by atoms with Crippen molar-refractivity contribution in [1.82, 2.24) is 0 Å². The van der Waals surface area contributed by atoms with Gasteiger partial charge in [0, 0.05) is 0 Å². The van der Waals surface area contributed by atoms with Gasteiger partial charge in [-0.3, -0.25) is 0 Å². The van der Waals surface area contributed by atoms with Crippen LogP contribution in [-0.4, -0.2) is 22.3 Å². The number of rotatable bonds is 2. The minimum atomic E-state index is -5.34. The Balaban J connectivity index is 0.000000362. The molecule has 6 nitrogen and oxygen atoms in total. The van der Waals surface area contributed by atoms with Crippen LogP contribution in [-0.2, 0) is 25.8 Å². The van der Waals surface area contributed by atoms with E-state index in [1.54, 1.807) is 24.3 Å². The van der Waals surface area contributed by atoms with Gasteiger partial charge in [0.05, 0.1) is 5.75 Å². The molecule has 0 radical (unpaired) electrons. The fourth-order valence-corrected chi connectivity index (χ4v) is 1.46. The third-order valence-electron chi connectivity index (χ3n) is 1.53. The maximum Gasteiger partial charge on any atom is 0.511 e. The molecule has 0 fully saturated rings. The van der Waals surface area contributed by atoms with E-state index in [-0.39, 0.29) is 5.75 Å². The van der Waals surface area contributed by atoms with Crippen LogP contribution in [0.5, 0.6) is 0 Å². The monoisotopic (exact) mass is 320 g/mol. The lowest BCUT2D eigenvalue weighted by Gasteiger charge is -1.98. The smallest absolute Gasteiger partial charge is 0.228 e. The van der Waals surface area contributed by atoms with Gasteiger partial charge in [-0.2, -0.15) is 13.2 Å². The van der Waals surface area contributed by atoms with Crippen LogP contribution in [0.3, 0.4) is 0 Å². The Bertz CT molecular complexity index is 597. The maximum atomic E-state index is 10.8. The van der Waals surface area contributed by atoms with Crippen molar-refractivity contribution < 1.29 is 30.0 Å². The van der Waals surface area contributed by atoms with Crippen LogP contribution in [0.25, 0.3) is 0 Å². The van der Waals surface area contributed by atoms with Gasteiger partial charge in [-0.25, -0.2) is 27.1 Å². The van der Waals surface area contributed by atoms with E-state index in [1.807, 2.05) is 6.07 Å². The molecule has 1 aromatic carbocycles. The van der Waals surface area contributed by atoms with E-state index in [4.69, 9.17) is 5.14 Å². The standard InChI is InChI=1S/C7H9NO2S.CH2F3NO2S/c8-11(9,10)6-7-4-2-1-3-5-7;2-1(3,4)8(5,6)7/h1-5H,6H2,(H2,8,9,10);(H2,5,6,7). The molecule has 0 saturated heterocycles. The lowest BCUT2D eigenvalue weighted by atomic mass is 10.2. The maximum absolute atomic E-state index is 10.8. The highest BCUT2D eigenvalue weighted by Crippen LogP contribution is 2.18. The first-order valence-electron chi connectivity index (χ1n) is 4.46. The molecule has 0 aliphatic rings. The van der Waals surface area contributed by atoms with Crippen molar-refractivity contribution in [2.75, 3.05) is 0 Å². The molecule has 110 valence electrons. The van der Waals surface area contributed by atoms with E-state index >= 15 is 0 Å². The van der Waals surface area contributed by atoms with Crippen LogP contribution in [0.2, 0.25) is 0 Å². The average Bonchev–Trinajstić information content (AvgIpc) is 2.14. The average molecular weight is 320 g/mol. The molecule has 1 rings (SSSR count). The first kappa shape index (κ1) is 17.8. The summed E-state index contributed by atoms with van der Waals surface area (Å²) in [6.07, 6.45) is 0. The molecule has 0 heterocycles. The van der Waals surface area contributed by atoms with Crippen molar-refractivity contribution in [3.8, 4) is 0 Å². The number of hydrogen-bond acceptors (Lipinski definition) is 4. The molecule has 11 heteroatoms. The lowest BCUT2D eigenvalue weighted by molar-refractivity contribution is -0.0436. The van der Waals surface area contributed by atoms with E-state index in [1.165, 1.54) is 0 Å². The van der Waals surface area contributed by atoms with Crippen LogP contribution >= 0.6 is 0 Å². The van der Waals surface area contributed by atoms with Crippen LogP contribution < -0.4 is 10.3 Å². The van der Waals surface area contributed by atoms with Crippen molar-refractivity contribution in [1.29, 1.82) is 0 Å². The van der Waals surface area contributed by atoms with Gasteiger partial charge in [-0.05, 0) is 5.56 Å². The molecule has 0 aliphatic carbocycles. The summed E-state index contributed by atoms with van der Waals surface area (Å²) in [6.45, 7) is 0. The number of benzene rings is 1. The molecule has 0 saturated carbocycles. The van der Waals surface area contributed by atoms with Gasteiger partial charge < -0.3 is 0 Å². The van der Waals surface area contributed by atoms with Gasteiger partial charge in [0.2, 0.25) is 10.0 Å². The Morgan fingerprint density at radius 3 is 1.58 bits per heavy atom. The van der Waals surface area contributed by atoms with E-state index in [9.17, 15) is 30.0 Å². The van der Waals surface area contributed by atoms with Crippen molar-refractivity contribution in [3.63, 3.8) is 0 Å². The van der Waals surface area contributed by atoms with Crippen molar-refractivity contribution in [2.24, 2.45) is 10.3 Å². The number of alkyl halides is 3. The number of primary sulfonamides is 2. The summed E-state index contributed by atoms with van der Waals surface area (Å²) in [5, 5.41) is 8.50. The van der Waals surface area contributed by atoms with Crippen molar-refractivity contribution in [3.05, 3.63) is 35.9 Å². The van der Waals surface area contributed by atoms with Crippen molar-refractivity contribution in [2.45, 2.75) is 11.3 Å². The van der Waals surface area contributed by atoms with Gasteiger partial charge in [-0.15, -0.1) is 0 Å². The highest BCUT2D eigenvalue weighted by atomic mass is 32.2. The van der Waals surface area contributed by atoms with Crippen LogP contribution in [0.1, 0.15) is 5.56 Å². The molecular formula is C8H11F3N2O4S2. The molecule has 0 spiro atoms. The van der Waals surface area contributed by atoms with E-state index in [0.29, 0.717) is 0 Å². The fourth-order valence-electron chi connectivity index (χ4n) is 0.807. The molecule has 0 aromatic heterocycles. The Labute approximate surface area is 108 Å². The summed E-state index contributed by atoms with van der Waals surface area (Å²) in [4.78, 5) is 0. The number of sulfonamides is 2. The first-order chi connectivity index (χ1) is 8.33. The summed E-state index contributed by atoms with van der Waals surface area (Å²) >= 11 is 0. The molecule has 19 heavy (non-hydrogen) atoms. The Hall–Kier alpha value is -1.17. The van der Waals surface area contributed by atoms with Crippen LogP contribution in [0.15, 0.2) is 30.3 Å². The van der Waals surface area contributed by atoms with Gasteiger partial charge in [0.1, 0.15) is 0 Å². The van der Waals surface area contributed by atoms with E-state index in [2.05, 4.69) is 5.14 Å². The molecular weight excluding hydrogens is 309 g/mol. The predicted octanol–water partition coefficient (Wildman–Crippen LogP) is 0.270. The largest absolute Gasteiger partial charge is 0.511 e. The number of hydrogen-bond donors (Lipinski definition) is 2. The van der Waals surface area contributed by atoms with Gasteiger partial charge in [0.25, 0.3) is 0 Å². The zero-order valence-corrected chi connectivity index (χ0v) is 11.0. The Morgan fingerprint density at radius 2 is 1.32 bits per heavy atom. The summed E-state index contributed by atoms with van der Waals surface area (Å²) in [6, 6.07) is 8.84. The van der Waals surface area contributed by atoms with Crippen molar-refractivity contribution >= 4 is 20.0 Å². The first-order valence-corrected chi connectivity index (χ1v) is 7.72. The second-order valence-electron chi connectivity index (χ2n) is 3.28. The van der Waals surface area contributed by atoms with E-state index in [0.717, 1.165) is 5.56 Å². The highest BCUT2D eigenvalue weighted by molar-refractivity contribution is 7.90. The Morgan fingerprint density at radius 1 is 0.947 bits per heavy atom. The fraction of sp³-hybridized carbons (Fsp3) is 0.250. The van der Waals surface area contributed by atoms with Crippen LogP contribution in [0, 0.1) is 0 Å². The SMILES string of the molecule is NS(=O)(=O)C(F)(F)F.NS(=O)(=O)Cc1ccccc1. The summed E-state index contributed by atoms with van der Waals surface area (Å²) in [7, 11) is -8.72. The molecule has 0 amide bonds. The molecule has 0 atom stereocenters. The second-order valence-corrected chi connectivity index (χ2v) is 6.45. The van der Waals surface area contributed by atoms with Gasteiger partial charge in [0.15, 0.2) is 0 Å². The molecule has 4 N–H and O–H groups in total. The minimum Gasteiger partial charge on any atom is -0.228 e. The van der Waals surface area contributed by atoms with E-state index < -0.39 is 25.6 Å². The van der Waals surface area contributed by atoms with Gasteiger partial charge >= 0.3 is 15.5 Å². The normalized spacial score (nSPS) is 12.5. The topological polar surface area (TPSA) is 120 Å². The number of halogens is 3. The third kappa shape index (κ3) is 8.53. The molecule has 0 bridgehead atoms. The lowest BCUT2D eigenvalue weighted by Crippen LogP contribution is -2.30. The molecule has 0 unspecified atom stereocenters. The second kappa shape index (κ2) is 6.32. The predicted molar refractivity (Wildman–Crippen MR) is 62.4 cm³/mol. The quantitative estimate of drug-likeness (QED) is 0.812. The molecule has 0 aliphatic heterocycles. The number of nitrogens with two attached hydrogens (primary N) is 2. The minimum absolute atomic E-state index is 0.0894. The zero-order valence-electron chi connectivity index (χ0n) is 9.33. The summed E-state index contributed by atoms with van der Waals surface area (Å²) < 4.78 is 72.3. The molecule has 1 aromatic rings. The summed E-state index contributed by atoms with van der Waals surface area (Å²) in [5.74, 6) is -0.0894. The highest BCUT2D eigenvalue weighted by Gasteiger charge is 2.42.